The first-order chi connectivity index (χ1) is 11.7. The molecule has 124 valence electrons. The van der Waals surface area contributed by atoms with E-state index in [1.54, 1.807) is 23.5 Å². The van der Waals surface area contributed by atoms with Crippen LogP contribution in [0.1, 0.15) is 23.0 Å². The van der Waals surface area contributed by atoms with Gasteiger partial charge in [-0.25, -0.2) is 9.37 Å². The van der Waals surface area contributed by atoms with E-state index < -0.39 is 0 Å². The number of aryl methyl sites for hydroxylation is 1. The van der Waals surface area contributed by atoms with Gasteiger partial charge in [0.15, 0.2) is 0 Å². The molecule has 1 unspecified atom stereocenters. The second kappa shape index (κ2) is 6.49. The van der Waals surface area contributed by atoms with Gasteiger partial charge in [0.05, 0.1) is 0 Å². The van der Waals surface area contributed by atoms with Gasteiger partial charge in [-0.2, -0.15) is 0 Å². The molecule has 5 heteroatoms. The Balaban J connectivity index is 1.43. The molecule has 1 aromatic carbocycles. The van der Waals surface area contributed by atoms with Gasteiger partial charge in [0.25, 0.3) is 0 Å². The molecule has 2 aromatic heterocycles. The Bertz CT molecular complexity index is 839. The molecule has 0 amide bonds. The maximum Gasteiger partial charge on any atom is 0.123 e. The van der Waals surface area contributed by atoms with Gasteiger partial charge in [-0.15, -0.1) is 11.3 Å². The van der Waals surface area contributed by atoms with Gasteiger partial charge in [-0.05, 0) is 42.8 Å². The first-order valence-electron chi connectivity index (χ1n) is 8.23. The number of aromatic nitrogens is 2. The highest BCUT2D eigenvalue weighted by atomic mass is 32.1. The van der Waals surface area contributed by atoms with E-state index in [4.69, 9.17) is 0 Å². The summed E-state index contributed by atoms with van der Waals surface area (Å²) in [7, 11) is 2.07. The summed E-state index contributed by atoms with van der Waals surface area (Å²) in [5.74, 6) is 1.52. The Kier molecular flexibility index (Phi) is 4.21. The Morgan fingerprint density at radius 2 is 2.21 bits per heavy atom. The summed E-state index contributed by atoms with van der Waals surface area (Å²) < 4.78 is 15.5. The van der Waals surface area contributed by atoms with E-state index in [-0.39, 0.29) is 5.82 Å². The topological polar surface area (TPSA) is 21.1 Å². The van der Waals surface area contributed by atoms with Gasteiger partial charge < -0.3 is 4.57 Å². The Morgan fingerprint density at radius 1 is 1.29 bits per heavy atom. The van der Waals surface area contributed by atoms with Crippen LogP contribution in [0.2, 0.25) is 0 Å². The summed E-state index contributed by atoms with van der Waals surface area (Å²) in [6, 6.07) is 11.1. The van der Waals surface area contributed by atoms with Crippen LogP contribution in [0, 0.1) is 5.82 Å². The predicted molar refractivity (Wildman–Crippen MR) is 95.6 cm³/mol. The number of imidazole rings is 1. The molecule has 1 saturated heterocycles. The van der Waals surface area contributed by atoms with Gasteiger partial charge in [-0.1, -0.05) is 12.1 Å². The molecular weight excluding hydrogens is 321 g/mol. The highest BCUT2D eigenvalue weighted by Crippen LogP contribution is 2.31. The maximum atomic E-state index is 13.4. The SMILES string of the molecule is Cn1ccnc1C1CCN(Cc2ccc(-c3cccc(F)c3)s2)C1. The van der Waals surface area contributed by atoms with Crippen LogP contribution < -0.4 is 0 Å². The number of rotatable bonds is 4. The molecule has 4 rings (SSSR count). The number of nitrogens with zero attached hydrogens (tertiary/aromatic N) is 3. The van der Waals surface area contributed by atoms with Gasteiger partial charge >= 0.3 is 0 Å². The molecule has 0 saturated carbocycles. The lowest BCUT2D eigenvalue weighted by atomic mass is 10.1. The largest absolute Gasteiger partial charge is 0.338 e. The molecule has 3 aromatic rings. The number of likely N-dealkylation sites (tertiary alicyclic amines) is 1. The van der Waals surface area contributed by atoms with Crippen molar-refractivity contribution in [1.82, 2.24) is 14.5 Å². The van der Waals surface area contributed by atoms with Crippen molar-refractivity contribution >= 4 is 11.3 Å². The fraction of sp³-hybridized carbons (Fsp3) is 0.316. The average molecular weight is 341 g/mol. The molecule has 1 atom stereocenters. The third-order valence-electron chi connectivity index (χ3n) is 4.65. The average Bonchev–Trinajstić information content (AvgIpc) is 3.29. The predicted octanol–water partition coefficient (Wildman–Crippen LogP) is 4.28. The normalized spacial score (nSPS) is 18.3. The standard InChI is InChI=1S/C19H20FN3S/c1-22-10-8-21-19(22)15-7-9-23(12-15)13-17-5-6-18(24-17)14-3-2-4-16(20)11-14/h2-6,8,10-11,15H,7,9,12-13H2,1H3. The summed E-state index contributed by atoms with van der Waals surface area (Å²) in [5.41, 5.74) is 0.957. The quantitative estimate of drug-likeness (QED) is 0.706. The van der Waals surface area contributed by atoms with Crippen molar-refractivity contribution < 1.29 is 4.39 Å². The van der Waals surface area contributed by atoms with E-state index in [2.05, 4.69) is 33.6 Å². The second-order valence-electron chi connectivity index (χ2n) is 6.39. The zero-order valence-corrected chi connectivity index (χ0v) is 14.5. The van der Waals surface area contributed by atoms with E-state index in [9.17, 15) is 4.39 Å². The molecule has 0 spiro atoms. The van der Waals surface area contributed by atoms with Gasteiger partial charge in [0, 0.05) is 48.2 Å². The summed E-state index contributed by atoms with van der Waals surface area (Å²) >= 11 is 1.75. The fourth-order valence-electron chi connectivity index (χ4n) is 3.44. The molecule has 0 bridgehead atoms. The van der Waals surface area contributed by atoms with Crippen LogP contribution in [0.4, 0.5) is 4.39 Å². The summed E-state index contributed by atoms with van der Waals surface area (Å²) in [4.78, 5) is 9.44. The molecule has 0 N–H and O–H groups in total. The third kappa shape index (κ3) is 3.14. The minimum Gasteiger partial charge on any atom is -0.338 e. The van der Waals surface area contributed by atoms with Crippen molar-refractivity contribution in [3.8, 4) is 10.4 Å². The zero-order valence-electron chi connectivity index (χ0n) is 13.7. The van der Waals surface area contributed by atoms with Crippen LogP contribution in [0.25, 0.3) is 10.4 Å². The molecule has 3 heterocycles. The minimum absolute atomic E-state index is 0.181. The van der Waals surface area contributed by atoms with Crippen LogP contribution in [0.15, 0.2) is 48.8 Å². The maximum absolute atomic E-state index is 13.4. The van der Waals surface area contributed by atoms with Crippen molar-refractivity contribution in [2.45, 2.75) is 18.9 Å². The van der Waals surface area contributed by atoms with Crippen LogP contribution in [-0.2, 0) is 13.6 Å². The highest BCUT2D eigenvalue weighted by Gasteiger charge is 2.26. The number of hydrogen-bond donors (Lipinski definition) is 0. The van der Waals surface area contributed by atoms with Crippen molar-refractivity contribution in [2.75, 3.05) is 13.1 Å². The number of benzene rings is 1. The lowest BCUT2D eigenvalue weighted by Gasteiger charge is -2.14. The third-order valence-corrected chi connectivity index (χ3v) is 5.77. The van der Waals surface area contributed by atoms with E-state index >= 15 is 0 Å². The molecule has 0 aliphatic carbocycles. The Labute approximate surface area is 145 Å². The molecule has 1 aliphatic heterocycles. The lowest BCUT2D eigenvalue weighted by Crippen LogP contribution is -2.19. The van der Waals surface area contributed by atoms with E-state index in [0.29, 0.717) is 5.92 Å². The number of hydrogen-bond acceptors (Lipinski definition) is 3. The van der Waals surface area contributed by atoms with Gasteiger partial charge in [0.1, 0.15) is 11.6 Å². The number of halogens is 1. The van der Waals surface area contributed by atoms with E-state index in [0.717, 1.165) is 36.5 Å². The fourth-order valence-corrected chi connectivity index (χ4v) is 4.48. The van der Waals surface area contributed by atoms with Crippen molar-refractivity contribution in [3.05, 3.63) is 65.3 Å². The summed E-state index contributed by atoms with van der Waals surface area (Å²) in [6.07, 6.45) is 5.05. The molecule has 3 nitrogen and oxygen atoms in total. The lowest BCUT2D eigenvalue weighted by molar-refractivity contribution is 0.328. The Morgan fingerprint density at radius 3 is 3.00 bits per heavy atom. The molecule has 0 radical (unpaired) electrons. The van der Waals surface area contributed by atoms with Gasteiger partial charge in [0.2, 0.25) is 0 Å². The van der Waals surface area contributed by atoms with Crippen molar-refractivity contribution in [3.63, 3.8) is 0 Å². The highest BCUT2D eigenvalue weighted by molar-refractivity contribution is 7.15. The monoisotopic (exact) mass is 341 g/mol. The van der Waals surface area contributed by atoms with E-state index in [1.165, 1.54) is 16.8 Å². The first kappa shape index (κ1) is 15.5. The second-order valence-corrected chi connectivity index (χ2v) is 7.56. The minimum atomic E-state index is -0.181. The van der Waals surface area contributed by atoms with Crippen molar-refractivity contribution in [2.24, 2.45) is 7.05 Å². The van der Waals surface area contributed by atoms with Crippen LogP contribution in [0.5, 0.6) is 0 Å². The molecule has 1 aliphatic rings. The molecular formula is C19H20FN3S. The molecule has 1 fully saturated rings. The smallest absolute Gasteiger partial charge is 0.123 e. The molecule has 24 heavy (non-hydrogen) atoms. The Hall–Kier alpha value is -1.98. The first-order valence-corrected chi connectivity index (χ1v) is 9.05. The zero-order chi connectivity index (χ0) is 16.5. The van der Waals surface area contributed by atoms with Crippen LogP contribution >= 0.6 is 11.3 Å². The van der Waals surface area contributed by atoms with E-state index in [1.807, 2.05) is 18.5 Å². The summed E-state index contributed by atoms with van der Waals surface area (Å²) in [5, 5.41) is 0. The van der Waals surface area contributed by atoms with Crippen LogP contribution in [-0.4, -0.2) is 27.5 Å². The number of thiophene rings is 1. The summed E-state index contributed by atoms with van der Waals surface area (Å²) in [6.45, 7) is 3.11. The van der Waals surface area contributed by atoms with Crippen LogP contribution in [0.3, 0.4) is 0 Å². The van der Waals surface area contributed by atoms with Gasteiger partial charge in [-0.3, -0.25) is 4.90 Å². The van der Waals surface area contributed by atoms with Crippen molar-refractivity contribution in [1.29, 1.82) is 0 Å².